The summed E-state index contributed by atoms with van der Waals surface area (Å²) in [5.41, 5.74) is 0. The molecule has 0 rings (SSSR count). The summed E-state index contributed by atoms with van der Waals surface area (Å²) in [7, 11) is 0. The van der Waals surface area contributed by atoms with Crippen LogP contribution >= 0.6 is 0 Å². The summed E-state index contributed by atoms with van der Waals surface area (Å²) >= 11 is 0. The maximum Gasteiger partial charge on any atom is 0.306 e. The van der Waals surface area contributed by atoms with Gasteiger partial charge in [-0.1, -0.05) is 174 Å². The Morgan fingerprint density at radius 3 is 1.21 bits per heavy atom. The molecule has 0 fully saturated rings. The van der Waals surface area contributed by atoms with Crippen molar-refractivity contribution < 1.29 is 19.4 Å². The molecule has 1 N–H and O–H groups in total. The monoisotopic (exact) mass is 555 g/mol. The van der Waals surface area contributed by atoms with Crippen LogP contribution < -0.4 is 0 Å². The van der Waals surface area contributed by atoms with E-state index in [1.54, 1.807) is 0 Å². The maximum atomic E-state index is 12.1. The predicted molar refractivity (Wildman–Crippen MR) is 168 cm³/mol. The van der Waals surface area contributed by atoms with Crippen molar-refractivity contribution in [2.24, 2.45) is 0 Å². The summed E-state index contributed by atoms with van der Waals surface area (Å²) in [5.74, 6) is -0.199. The highest BCUT2D eigenvalue weighted by Crippen LogP contribution is 2.15. The summed E-state index contributed by atoms with van der Waals surface area (Å²) in [4.78, 5) is 12.1. The molecule has 0 aliphatic carbocycles. The third-order valence-electron chi connectivity index (χ3n) is 7.93. The van der Waals surface area contributed by atoms with E-state index in [9.17, 15) is 9.90 Å². The Bertz CT molecular complexity index is 468. The standard InChI is InChI=1S/C35H70O4/c1-3-5-7-9-11-12-13-14-15-16-17-18-19-20-21-22-23-24-25-26-28-30-35(37)39-34(32-36)33-38-31-29-27-10-8-6-4-2/h34,36H,3-33H2,1-2H3. The lowest BCUT2D eigenvalue weighted by Crippen LogP contribution is -2.27. The Morgan fingerprint density at radius 2 is 0.846 bits per heavy atom. The molecule has 0 aromatic heterocycles. The minimum atomic E-state index is -0.521. The van der Waals surface area contributed by atoms with Gasteiger partial charge in [-0.3, -0.25) is 4.79 Å². The second-order valence-electron chi connectivity index (χ2n) is 12.0. The summed E-state index contributed by atoms with van der Waals surface area (Å²) in [5, 5.41) is 9.46. The Balaban J connectivity index is 3.31. The lowest BCUT2D eigenvalue weighted by Gasteiger charge is -2.15. The number of hydrogen-bond acceptors (Lipinski definition) is 4. The molecule has 1 atom stereocenters. The van der Waals surface area contributed by atoms with Crippen LogP contribution in [-0.4, -0.2) is 37.0 Å². The van der Waals surface area contributed by atoms with Crippen molar-refractivity contribution in [1.29, 1.82) is 0 Å². The van der Waals surface area contributed by atoms with E-state index in [2.05, 4.69) is 13.8 Å². The van der Waals surface area contributed by atoms with Gasteiger partial charge in [0, 0.05) is 13.0 Å². The molecule has 0 aromatic carbocycles. The van der Waals surface area contributed by atoms with Crippen LogP contribution in [0.2, 0.25) is 0 Å². The first-order chi connectivity index (χ1) is 19.2. The quantitative estimate of drug-likeness (QED) is 0.0647. The highest BCUT2D eigenvalue weighted by molar-refractivity contribution is 5.69. The van der Waals surface area contributed by atoms with Crippen LogP contribution in [0.4, 0.5) is 0 Å². The third kappa shape index (κ3) is 31.8. The van der Waals surface area contributed by atoms with Crippen molar-refractivity contribution in [3.8, 4) is 0 Å². The van der Waals surface area contributed by atoms with Gasteiger partial charge in [-0.2, -0.15) is 0 Å². The Kier molecular flexibility index (Phi) is 33.1. The summed E-state index contributed by atoms with van der Waals surface area (Å²) in [6.45, 7) is 5.33. The van der Waals surface area contributed by atoms with Crippen LogP contribution in [0, 0.1) is 0 Å². The van der Waals surface area contributed by atoms with Crippen LogP contribution in [0.1, 0.15) is 194 Å². The largest absolute Gasteiger partial charge is 0.457 e. The fourth-order valence-corrected chi connectivity index (χ4v) is 5.27. The van der Waals surface area contributed by atoms with Crippen LogP contribution in [0.25, 0.3) is 0 Å². The SMILES string of the molecule is CCCCCCCCCCCCCCCCCCCCCCCC(=O)OC(CO)COCCCCCCCC. The van der Waals surface area contributed by atoms with Gasteiger partial charge >= 0.3 is 5.97 Å². The maximum absolute atomic E-state index is 12.1. The Morgan fingerprint density at radius 1 is 0.513 bits per heavy atom. The highest BCUT2D eigenvalue weighted by atomic mass is 16.6. The van der Waals surface area contributed by atoms with Gasteiger partial charge in [-0.25, -0.2) is 0 Å². The number of carbonyl (C=O) groups is 1. The first-order valence-corrected chi connectivity index (χ1v) is 17.6. The molecule has 0 radical (unpaired) electrons. The molecule has 39 heavy (non-hydrogen) atoms. The summed E-state index contributed by atoms with van der Waals surface area (Å²) in [6, 6.07) is 0. The van der Waals surface area contributed by atoms with E-state index in [4.69, 9.17) is 9.47 Å². The number of unbranched alkanes of at least 4 members (excludes halogenated alkanes) is 25. The van der Waals surface area contributed by atoms with E-state index in [1.807, 2.05) is 0 Å². The van der Waals surface area contributed by atoms with E-state index in [1.165, 1.54) is 154 Å². The van der Waals surface area contributed by atoms with E-state index in [-0.39, 0.29) is 12.6 Å². The van der Waals surface area contributed by atoms with E-state index in [0.717, 1.165) is 19.3 Å². The average molecular weight is 555 g/mol. The number of rotatable bonds is 33. The van der Waals surface area contributed by atoms with Crippen molar-refractivity contribution in [1.82, 2.24) is 0 Å². The zero-order valence-electron chi connectivity index (χ0n) is 26.7. The number of carbonyl (C=O) groups excluding carboxylic acids is 1. The van der Waals surface area contributed by atoms with Crippen molar-refractivity contribution in [2.75, 3.05) is 19.8 Å². The average Bonchev–Trinajstić information content (AvgIpc) is 2.94. The molecule has 0 aromatic rings. The minimum absolute atomic E-state index is 0.165. The number of esters is 1. The van der Waals surface area contributed by atoms with E-state index >= 15 is 0 Å². The predicted octanol–water partition coefficient (Wildman–Crippen LogP) is 10.9. The van der Waals surface area contributed by atoms with Crippen molar-refractivity contribution in [3.63, 3.8) is 0 Å². The Labute approximate surface area is 244 Å². The van der Waals surface area contributed by atoms with Crippen LogP contribution in [0.3, 0.4) is 0 Å². The van der Waals surface area contributed by atoms with Gasteiger partial charge in [0.1, 0.15) is 6.10 Å². The number of hydrogen-bond donors (Lipinski definition) is 1. The molecule has 0 spiro atoms. The summed E-state index contributed by atoms with van der Waals surface area (Å²) < 4.78 is 11.0. The fraction of sp³-hybridized carbons (Fsp3) is 0.971. The van der Waals surface area contributed by atoms with Crippen molar-refractivity contribution >= 4 is 5.97 Å². The van der Waals surface area contributed by atoms with Crippen molar-refractivity contribution in [2.45, 2.75) is 200 Å². The Hall–Kier alpha value is -0.610. The van der Waals surface area contributed by atoms with Crippen LogP contribution in [-0.2, 0) is 14.3 Å². The molecule has 234 valence electrons. The van der Waals surface area contributed by atoms with E-state index < -0.39 is 6.10 Å². The van der Waals surface area contributed by atoms with Gasteiger partial charge < -0.3 is 14.6 Å². The van der Waals surface area contributed by atoms with Gasteiger partial charge in [0.25, 0.3) is 0 Å². The second kappa shape index (κ2) is 33.6. The molecule has 0 aliphatic heterocycles. The van der Waals surface area contributed by atoms with E-state index in [0.29, 0.717) is 19.6 Å². The number of aliphatic hydroxyl groups is 1. The minimum Gasteiger partial charge on any atom is -0.457 e. The first kappa shape index (κ1) is 38.4. The molecule has 0 saturated carbocycles. The second-order valence-corrected chi connectivity index (χ2v) is 12.0. The molecule has 0 amide bonds. The fourth-order valence-electron chi connectivity index (χ4n) is 5.27. The topological polar surface area (TPSA) is 55.8 Å². The smallest absolute Gasteiger partial charge is 0.306 e. The lowest BCUT2D eigenvalue weighted by molar-refractivity contribution is -0.154. The third-order valence-corrected chi connectivity index (χ3v) is 7.93. The molecule has 0 aliphatic rings. The normalized spacial score (nSPS) is 12.2. The van der Waals surface area contributed by atoms with Crippen molar-refractivity contribution in [3.05, 3.63) is 0 Å². The molecule has 1 unspecified atom stereocenters. The lowest BCUT2D eigenvalue weighted by atomic mass is 10.0. The zero-order chi connectivity index (χ0) is 28.5. The van der Waals surface area contributed by atoms with Gasteiger partial charge in [0.15, 0.2) is 0 Å². The molecule has 0 bridgehead atoms. The molecular formula is C35H70O4. The van der Waals surface area contributed by atoms with Crippen LogP contribution in [0.5, 0.6) is 0 Å². The van der Waals surface area contributed by atoms with Gasteiger partial charge in [0.2, 0.25) is 0 Å². The number of ether oxygens (including phenoxy) is 2. The highest BCUT2D eigenvalue weighted by Gasteiger charge is 2.13. The molecule has 0 saturated heterocycles. The summed E-state index contributed by atoms with van der Waals surface area (Å²) in [6.07, 6.45) is 35.8. The molecule has 4 nitrogen and oxygen atoms in total. The molecule has 0 heterocycles. The van der Waals surface area contributed by atoms with Crippen LogP contribution in [0.15, 0.2) is 0 Å². The molecular weight excluding hydrogens is 484 g/mol. The molecule has 4 heteroatoms. The number of aliphatic hydroxyl groups excluding tert-OH is 1. The van der Waals surface area contributed by atoms with Gasteiger partial charge in [-0.05, 0) is 12.8 Å². The first-order valence-electron chi connectivity index (χ1n) is 17.6. The zero-order valence-corrected chi connectivity index (χ0v) is 26.7. The van der Waals surface area contributed by atoms with Gasteiger partial charge in [0.05, 0.1) is 13.2 Å². The van der Waals surface area contributed by atoms with Gasteiger partial charge in [-0.15, -0.1) is 0 Å².